The van der Waals surface area contributed by atoms with Gasteiger partial charge in [0.05, 0.1) is 21.8 Å². The molecule has 1 unspecified atom stereocenters. The molecule has 170 valence electrons. The van der Waals surface area contributed by atoms with Gasteiger partial charge in [0.25, 0.3) is 0 Å². The average Bonchev–Trinajstić information content (AvgIpc) is 3.43. The zero-order chi connectivity index (χ0) is 22.9. The van der Waals surface area contributed by atoms with Crippen LogP contribution in [0.3, 0.4) is 0 Å². The number of rotatable bonds is 6. The van der Waals surface area contributed by atoms with E-state index in [-0.39, 0.29) is 18.1 Å². The first-order valence-corrected chi connectivity index (χ1v) is 11.3. The van der Waals surface area contributed by atoms with Gasteiger partial charge in [-0.15, -0.1) is 0 Å². The third kappa shape index (κ3) is 4.51. The maximum atomic E-state index is 14.0. The summed E-state index contributed by atoms with van der Waals surface area (Å²) in [6, 6.07) is 8.66. The monoisotopic (exact) mass is 488 g/mol. The summed E-state index contributed by atoms with van der Waals surface area (Å²) >= 11 is 13.0. The van der Waals surface area contributed by atoms with Crippen molar-refractivity contribution in [1.29, 1.82) is 0 Å². The highest BCUT2D eigenvalue weighted by molar-refractivity contribution is 6.39. The van der Waals surface area contributed by atoms with Gasteiger partial charge < -0.3 is 15.2 Å². The Balaban J connectivity index is 1.54. The van der Waals surface area contributed by atoms with Gasteiger partial charge in [-0.05, 0) is 55.8 Å². The molecule has 4 aromatic rings. The minimum atomic E-state index is -0.505. The third-order valence-corrected chi connectivity index (χ3v) is 6.35. The lowest BCUT2D eigenvalue weighted by molar-refractivity contribution is 0.490. The van der Waals surface area contributed by atoms with E-state index >= 15 is 0 Å². The van der Waals surface area contributed by atoms with Crippen LogP contribution < -0.4 is 10.6 Å². The smallest absolute Gasteiger partial charge is 0.225 e. The number of nitrogens with one attached hydrogen (secondary N) is 2. The molecule has 33 heavy (non-hydrogen) atoms. The van der Waals surface area contributed by atoms with Crippen molar-refractivity contribution in [1.82, 2.24) is 24.8 Å². The highest BCUT2D eigenvalue weighted by atomic mass is 35.5. The number of anilines is 1. The second kappa shape index (κ2) is 9.21. The molecule has 10 heteroatoms. The maximum absolute atomic E-state index is 14.0. The summed E-state index contributed by atoms with van der Waals surface area (Å²) in [7, 11) is 0. The lowest BCUT2D eigenvalue weighted by atomic mass is 10.1. The summed E-state index contributed by atoms with van der Waals surface area (Å²) < 4.78 is 29.5. The molecule has 1 fully saturated rings. The molecule has 0 amide bonds. The highest BCUT2D eigenvalue weighted by Gasteiger charge is 2.23. The van der Waals surface area contributed by atoms with Gasteiger partial charge in [-0.1, -0.05) is 29.3 Å². The zero-order valence-corrected chi connectivity index (χ0v) is 19.0. The Bertz CT molecular complexity index is 1300. The molecule has 6 nitrogen and oxygen atoms in total. The van der Waals surface area contributed by atoms with Crippen LogP contribution in [0.25, 0.3) is 22.6 Å². The number of hydrogen-bond acceptors (Lipinski definition) is 5. The van der Waals surface area contributed by atoms with Gasteiger partial charge in [-0.2, -0.15) is 4.98 Å². The topological polar surface area (TPSA) is 67.7 Å². The molecule has 1 aliphatic rings. The van der Waals surface area contributed by atoms with Gasteiger partial charge in [0.1, 0.15) is 23.0 Å². The van der Waals surface area contributed by atoms with E-state index in [2.05, 4.69) is 20.6 Å². The molecule has 1 atom stereocenters. The Labute approximate surface area is 199 Å². The molecule has 5 rings (SSSR count). The Hall–Kier alpha value is -2.81. The number of imidazole rings is 1. The van der Waals surface area contributed by atoms with Gasteiger partial charge in [0, 0.05) is 18.7 Å². The molecule has 1 aliphatic heterocycles. The van der Waals surface area contributed by atoms with Gasteiger partial charge in [0.2, 0.25) is 5.95 Å². The number of fused-ring (bicyclic) bond motifs is 1. The van der Waals surface area contributed by atoms with Gasteiger partial charge in [-0.25, -0.2) is 18.7 Å². The van der Waals surface area contributed by atoms with Crippen LogP contribution in [0.2, 0.25) is 10.0 Å². The number of benzene rings is 2. The quantitative estimate of drug-likeness (QED) is 0.385. The summed E-state index contributed by atoms with van der Waals surface area (Å²) in [5.41, 5.74) is 2.04. The minimum absolute atomic E-state index is 0.0407. The van der Waals surface area contributed by atoms with Crippen LogP contribution in [0, 0.1) is 17.6 Å². The van der Waals surface area contributed by atoms with Gasteiger partial charge >= 0.3 is 0 Å². The second-order valence-corrected chi connectivity index (χ2v) is 8.81. The summed E-state index contributed by atoms with van der Waals surface area (Å²) in [6.07, 6.45) is 2.63. The number of nitrogens with zero attached hydrogens (tertiary/aromatic N) is 4. The first kappa shape index (κ1) is 22.0. The molecule has 1 saturated heterocycles. The summed E-state index contributed by atoms with van der Waals surface area (Å²) in [5.74, 6) is 0.299. The highest BCUT2D eigenvalue weighted by Crippen LogP contribution is 2.36. The normalized spacial score (nSPS) is 15.9. The lowest BCUT2D eigenvalue weighted by Crippen LogP contribution is -2.16. The van der Waals surface area contributed by atoms with Crippen LogP contribution in [0.1, 0.15) is 12.0 Å². The molecule has 2 aromatic carbocycles. The number of halogens is 4. The van der Waals surface area contributed by atoms with Crippen molar-refractivity contribution in [2.24, 2.45) is 5.92 Å². The first-order chi connectivity index (χ1) is 16.0. The SMILES string of the molecule is Fc1ccc(F)c(CNc2ncc3nc(-c4c(Cl)cccc4Cl)n(CC4CCNC4)c3n2)c1. The van der Waals surface area contributed by atoms with Crippen molar-refractivity contribution in [2.75, 3.05) is 18.4 Å². The van der Waals surface area contributed by atoms with Crippen molar-refractivity contribution >= 4 is 40.3 Å². The fourth-order valence-electron chi connectivity index (χ4n) is 4.06. The van der Waals surface area contributed by atoms with Crippen LogP contribution in [0.4, 0.5) is 14.7 Å². The van der Waals surface area contributed by atoms with E-state index < -0.39 is 11.6 Å². The molecule has 3 heterocycles. The Morgan fingerprint density at radius 2 is 1.94 bits per heavy atom. The van der Waals surface area contributed by atoms with Crippen molar-refractivity contribution in [3.05, 3.63) is 69.8 Å². The van der Waals surface area contributed by atoms with Crippen molar-refractivity contribution < 1.29 is 8.78 Å². The minimum Gasteiger partial charge on any atom is -0.350 e. The molecule has 0 spiro atoms. The molecule has 2 aromatic heterocycles. The van der Waals surface area contributed by atoms with Crippen molar-refractivity contribution in [2.45, 2.75) is 19.5 Å². The van der Waals surface area contributed by atoms with Gasteiger partial charge in [0.15, 0.2) is 5.65 Å². The third-order valence-electron chi connectivity index (χ3n) is 5.72. The van der Waals surface area contributed by atoms with E-state index in [1.165, 1.54) is 0 Å². The molecule has 0 bridgehead atoms. The van der Waals surface area contributed by atoms with Crippen LogP contribution in [-0.4, -0.2) is 32.6 Å². The summed E-state index contributed by atoms with van der Waals surface area (Å²) in [5, 5.41) is 7.35. The van der Waals surface area contributed by atoms with E-state index in [1.807, 2.05) is 4.57 Å². The Morgan fingerprint density at radius 3 is 2.70 bits per heavy atom. The molecule has 0 radical (unpaired) electrons. The number of hydrogen-bond donors (Lipinski definition) is 2. The summed E-state index contributed by atoms with van der Waals surface area (Å²) in [6.45, 7) is 2.57. The second-order valence-electron chi connectivity index (χ2n) is 7.99. The molecule has 0 aliphatic carbocycles. The molecule has 2 N–H and O–H groups in total. The predicted molar refractivity (Wildman–Crippen MR) is 125 cm³/mol. The molecule has 0 saturated carbocycles. The predicted octanol–water partition coefficient (Wildman–Crippen LogP) is 5.30. The average molecular weight is 489 g/mol. The Kier molecular flexibility index (Phi) is 6.14. The lowest BCUT2D eigenvalue weighted by Gasteiger charge is -2.15. The van der Waals surface area contributed by atoms with Crippen LogP contribution >= 0.6 is 23.2 Å². The Morgan fingerprint density at radius 1 is 1.12 bits per heavy atom. The van der Waals surface area contributed by atoms with Crippen LogP contribution in [0.5, 0.6) is 0 Å². The largest absolute Gasteiger partial charge is 0.350 e. The molecular formula is C23H20Cl2F2N6. The van der Waals surface area contributed by atoms with E-state index in [1.54, 1.807) is 24.4 Å². The van der Waals surface area contributed by atoms with Crippen LogP contribution in [-0.2, 0) is 13.1 Å². The standard InChI is InChI=1S/C23H20Cl2F2N6/c24-16-2-1-3-17(25)20(16)22-31-19-11-30-23(29-10-14-8-15(26)4-5-18(14)27)32-21(19)33(22)12-13-6-7-28-9-13/h1-5,8,11,13,28H,6-7,9-10,12H2,(H,29,30,32). The van der Waals surface area contributed by atoms with E-state index in [0.29, 0.717) is 45.1 Å². The maximum Gasteiger partial charge on any atom is 0.225 e. The summed E-state index contributed by atoms with van der Waals surface area (Å²) in [4.78, 5) is 13.7. The van der Waals surface area contributed by atoms with E-state index in [0.717, 1.165) is 37.7 Å². The van der Waals surface area contributed by atoms with Gasteiger partial charge in [-0.3, -0.25) is 0 Å². The van der Waals surface area contributed by atoms with Crippen molar-refractivity contribution in [3.8, 4) is 11.4 Å². The van der Waals surface area contributed by atoms with E-state index in [9.17, 15) is 8.78 Å². The van der Waals surface area contributed by atoms with Crippen molar-refractivity contribution in [3.63, 3.8) is 0 Å². The fourth-order valence-corrected chi connectivity index (χ4v) is 4.63. The van der Waals surface area contributed by atoms with E-state index in [4.69, 9.17) is 28.2 Å². The molecular weight excluding hydrogens is 469 g/mol. The zero-order valence-electron chi connectivity index (χ0n) is 17.5. The fraction of sp³-hybridized carbons (Fsp3) is 0.261. The first-order valence-electron chi connectivity index (χ1n) is 10.6. The number of aromatic nitrogens is 4. The van der Waals surface area contributed by atoms with Crippen LogP contribution in [0.15, 0.2) is 42.6 Å².